The average molecular weight is 311 g/mol. The van der Waals surface area contributed by atoms with E-state index in [9.17, 15) is 13.9 Å². The van der Waals surface area contributed by atoms with Crippen LogP contribution in [0.2, 0.25) is 0 Å². The normalized spacial score (nSPS) is 22.0. The van der Waals surface area contributed by atoms with Crippen LogP contribution in [0.25, 0.3) is 0 Å². The molecule has 0 unspecified atom stereocenters. The molecule has 1 saturated heterocycles. The van der Waals surface area contributed by atoms with E-state index < -0.39 is 17.7 Å². The Hall–Kier alpha value is -1.60. The first kappa shape index (κ1) is 14.3. The third-order valence-corrected chi connectivity index (χ3v) is 4.42. The molecule has 2 atom stereocenters. The minimum atomic E-state index is -0.875. The van der Waals surface area contributed by atoms with Crippen LogP contribution in [0.5, 0.6) is 0 Å². The second kappa shape index (κ2) is 5.65. The largest absolute Gasteiger partial charge is 0.391 e. The number of β-amino-alcohol motifs (C(OH)–C–C–N with tert-alkyl or cyclic N) is 1. The molecule has 1 N–H and O–H groups in total. The highest BCUT2D eigenvalue weighted by Gasteiger charge is 2.34. The summed E-state index contributed by atoms with van der Waals surface area (Å²) in [5.41, 5.74) is 0.638. The summed E-state index contributed by atoms with van der Waals surface area (Å²) < 4.78 is 30.7. The van der Waals surface area contributed by atoms with Gasteiger partial charge in [0.25, 0.3) is 0 Å². The van der Waals surface area contributed by atoms with Gasteiger partial charge in [0.05, 0.1) is 12.1 Å². The number of hydrogen-bond acceptors (Lipinski definition) is 5. The van der Waals surface area contributed by atoms with Crippen LogP contribution in [-0.2, 0) is 6.42 Å². The van der Waals surface area contributed by atoms with Gasteiger partial charge in [0.1, 0.15) is 5.82 Å². The van der Waals surface area contributed by atoms with E-state index in [1.165, 1.54) is 17.6 Å². The van der Waals surface area contributed by atoms with Crippen molar-refractivity contribution in [1.29, 1.82) is 0 Å². The molecule has 1 aliphatic heterocycles. The number of rotatable bonds is 3. The van der Waals surface area contributed by atoms with E-state index in [-0.39, 0.29) is 6.04 Å². The van der Waals surface area contributed by atoms with Crippen molar-refractivity contribution < 1.29 is 13.9 Å². The molecule has 21 heavy (non-hydrogen) atoms. The van der Waals surface area contributed by atoms with Gasteiger partial charge in [0.2, 0.25) is 5.13 Å². The Bertz CT molecular complexity index is 649. The second-order valence-electron chi connectivity index (χ2n) is 5.08. The van der Waals surface area contributed by atoms with Gasteiger partial charge >= 0.3 is 0 Å². The van der Waals surface area contributed by atoms with Crippen molar-refractivity contribution in [1.82, 2.24) is 9.36 Å². The highest BCUT2D eigenvalue weighted by Crippen LogP contribution is 2.37. The number of anilines is 1. The number of benzene rings is 1. The monoisotopic (exact) mass is 311 g/mol. The fourth-order valence-electron chi connectivity index (χ4n) is 2.57. The van der Waals surface area contributed by atoms with Gasteiger partial charge in [0, 0.05) is 24.5 Å². The molecule has 4 nitrogen and oxygen atoms in total. The lowest BCUT2D eigenvalue weighted by Crippen LogP contribution is -2.24. The molecule has 1 aromatic heterocycles. The summed E-state index contributed by atoms with van der Waals surface area (Å²) >= 11 is 1.27. The molecule has 0 amide bonds. The van der Waals surface area contributed by atoms with E-state index in [0.717, 1.165) is 18.3 Å². The molecular weight excluding hydrogens is 296 g/mol. The zero-order chi connectivity index (χ0) is 15.0. The highest BCUT2D eigenvalue weighted by atomic mass is 32.1. The lowest BCUT2D eigenvalue weighted by Gasteiger charge is -2.23. The maximum atomic E-state index is 13.4. The van der Waals surface area contributed by atoms with E-state index in [0.29, 0.717) is 23.7 Å². The quantitative estimate of drug-likeness (QED) is 0.947. The van der Waals surface area contributed by atoms with Crippen LogP contribution < -0.4 is 4.90 Å². The summed E-state index contributed by atoms with van der Waals surface area (Å²) in [4.78, 5) is 6.33. The van der Waals surface area contributed by atoms with Gasteiger partial charge in [-0.25, -0.2) is 13.8 Å². The molecule has 0 saturated carbocycles. The summed E-state index contributed by atoms with van der Waals surface area (Å²) in [7, 11) is 0. The zero-order valence-electron chi connectivity index (χ0n) is 11.5. The molecule has 112 valence electrons. The van der Waals surface area contributed by atoms with E-state index in [4.69, 9.17) is 0 Å². The SMILES string of the molecule is CCc1nsc(N2C[C@H](O)C[C@H]2c2ccc(F)c(F)c2)n1. The van der Waals surface area contributed by atoms with Gasteiger partial charge in [0.15, 0.2) is 11.6 Å². The van der Waals surface area contributed by atoms with Crippen molar-refractivity contribution in [2.75, 3.05) is 11.4 Å². The number of halogens is 2. The summed E-state index contributed by atoms with van der Waals surface area (Å²) in [6, 6.07) is 3.64. The van der Waals surface area contributed by atoms with Crippen molar-refractivity contribution in [2.45, 2.75) is 31.9 Å². The Morgan fingerprint density at radius 3 is 2.86 bits per heavy atom. The maximum Gasteiger partial charge on any atom is 0.205 e. The topological polar surface area (TPSA) is 49.2 Å². The van der Waals surface area contributed by atoms with Gasteiger partial charge in [-0.05, 0) is 24.1 Å². The van der Waals surface area contributed by atoms with Crippen LogP contribution in [0.4, 0.5) is 13.9 Å². The molecule has 3 rings (SSSR count). The van der Waals surface area contributed by atoms with Crippen LogP contribution in [0, 0.1) is 11.6 Å². The van der Waals surface area contributed by atoms with Crippen LogP contribution in [-0.4, -0.2) is 27.1 Å². The van der Waals surface area contributed by atoms with Crippen molar-refractivity contribution in [3.63, 3.8) is 0 Å². The van der Waals surface area contributed by atoms with Gasteiger partial charge in [-0.15, -0.1) is 0 Å². The summed E-state index contributed by atoms with van der Waals surface area (Å²) in [6.45, 7) is 2.39. The summed E-state index contributed by atoms with van der Waals surface area (Å²) in [5.74, 6) is -0.992. The minimum absolute atomic E-state index is 0.215. The molecule has 7 heteroatoms. The average Bonchev–Trinajstić information content (AvgIpc) is 3.08. The van der Waals surface area contributed by atoms with Crippen LogP contribution in [0.15, 0.2) is 18.2 Å². The Morgan fingerprint density at radius 2 is 2.19 bits per heavy atom. The molecule has 0 radical (unpaired) electrons. The Labute approximate surface area is 125 Å². The predicted molar refractivity (Wildman–Crippen MR) is 76.4 cm³/mol. The maximum absolute atomic E-state index is 13.4. The third-order valence-electron chi connectivity index (χ3n) is 3.63. The lowest BCUT2D eigenvalue weighted by atomic mass is 10.0. The van der Waals surface area contributed by atoms with Crippen LogP contribution >= 0.6 is 11.5 Å². The number of aliphatic hydroxyl groups excluding tert-OH is 1. The molecule has 2 aromatic rings. The number of aliphatic hydroxyl groups is 1. The van der Waals surface area contributed by atoms with Gasteiger partial charge in [-0.3, -0.25) is 0 Å². The molecule has 2 heterocycles. The number of hydrogen-bond donors (Lipinski definition) is 1. The molecular formula is C14H15F2N3OS. The third kappa shape index (κ3) is 2.75. The van der Waals surface area contributed by atoms with Gasteiger partial charge < -0.3 is 10.0 Å². The van der Waals surface area contributed by atoms with E-state index in [1.54, 1.807) is 6.07 Å². The van der Waals surface area contributed by atoms with E-state index in [2.05, 4.69) is 9.36 Å². The van der Waals surface area contributed by atoms with Crippen molar-refractivity contribution >= 4 is 16.7 Å². The smallest absolute Gasteiger partial charge is 0.205 e. The fourth-order valence-corrected chi connectivity index (χ4v) is 3.38. The molecule has 1 aliphatic rings. The Morgan fingerprint density at radius 1 is 1.38 bits per heavy atom. The van der Waals surface area contributed by atoms with Crippen molar-refractivity contribution in [3.8, 4) is 0 Å². The Kier molecular flexibility index (Phi) is 3.86. The second-order valence-corrected chi connectivity index (χ2v) is 5.81. The molecule has 1 aromatic carbocycles. The molecule has 0 bridgehead atoms. The van der Waals surface area contributed by atoms with Crippen LogP contribution in [0.3, 0.4) is 0 Å². The van der Waals surface area contributed by atoms with E-state index in [1.807, 2.05) is 11.8 Å². The first-order chi connectivity index (χ1) is 10.1. The van der Waals surface area contributed by atoms with E-state index >= 15 is 0 Å². The standard InChI is InChI=1S/C14H15F2N3OS/c1-2-13-17-14(21-18-13)19-7-9(20)6-12(19)8-3-4-10(15)11(16)5-8/h3-5,9,12,20H,2,6-7H2,1H3/t9-,12+/m1/s1. The van der Waals surface area contributed by atoms with Gasteiger partial charge in [-0.1, -0.05) is 13.0 Å². The molecule has 1 fully saturated rings. The molecule has 0 aliphatic carbocycles. The van der Waals surface area contributed by atoms with Crippen molar-refractivity contribution in [3.05, 3.63) is 41.2 Å². The molecule has 0 spiro atoms. The number of aromatic nitrogens is 2. The van der Waals surface area contributed by atoms with Crippen molar-refractivity contribution in [2.24, 2.45) is 0 Å². The highest BCUT2D eigenvalue weighted by molar-refractivity contribution is 7.09. The lowest BCUT2D eigenvalue weighted by molar-refractivity contribution is 0.194. The zero-order valence-corrected chi connectivity index (χ0v) is 12.3. The fraction of sp³-hybridized carbons (Fsp3) is 0.429. The Balaban J connectivity index is 1.93. The predicted octanol–water partition coefficient (Wildman–Crippen LogP) is 2.69. The summed E-state index contributed by atoms with van der Waals surface area (Å²) in [5, 5.41) is 10.6. The van der Waals surface area contributed by atoms with Gasteiger partial charge in [-0.2, -0.15) is 4.37 Å². The summed E-state index contributed by atoms with van der Waals surface area (Å²) in [6.07, 6.45) is 0.687. The number of aryl methyl sites for hydroxylation is 1. The van der Waals surface area contributed by atoms with Crippen LogP contribution in [0.1, 0.15) is 30.8 Å². The first-order valence-corrected chi connectivity index (χ1v) is 7.58. The number of nitrogens with zero attached hydrogens (tertiary/aromatic N) is 3. The first-order valence-electron chi connectivity index (χ1n) is 6.80. The minimum Gasteiger partial charge on any atom is -0.391 e.